The van der Waals surface area contributed by atoms with Gasteiger partial charge in [0.25, 0.3) is 5.91 Å². The summed E-state index contributed by atoms with van der Waals surface area (Å²) in [7, 11) is 1.59. The second-order valence-corrected chi connectivity index (χ2v) is 9.06. The molecule has 0 N–H and O–H groups in total. The lowest BCUT2D eigenvalue weighted by molar-refractivity contribution is 0.0719. The van der Waals surface area contributed by atoms with Crippen LogP contribution in [0.25, 0.3) is 11.3 Å². The maximum atomic E-state index is 13.7. The summed E-state index contributed by atoms with van der Waals surface area (Å²) in [5.74, 6) is 1.49. The van der Waals surface area contributed by atoms with E-state index in [2.05, 4.69) is 43.0 Å². The van der Waals surface area contributed by atoms with Crippen molar-refractivity contribution in [2.45, 2.75) is 27.3 Å². The Morgan fingerprint density at radius 2 is 1.91 bits per heavy atom. The largest absolute Gasteiger partial charge is 0.496 e. The average molecular weight is 464 g/mol. The molecule has 1 amide bonds. The van der Waals surface area contributed by atoms with Crippen molar-refractivity contribution < 1.29 is 18.8 Å². The van der Waals surface area contributed by atoms with E-state index in [1.807, 2.05) is 41.3 Å². The first kappa shape index (κ1) is 23.8. The molecule has 1 aliphatic heterocycles. The fraction of sp³-hybridized carbons (Fsp3) is 0.407. The van der Waals surface area contributed by atoms with E-state index < -0.39 is 0 Å². The van der Waals surface area contributed by atoms with Crippen LogP contribution in [-0.4, -0.2) is 55.9 Å². The van der Waals surface area contributed by atoms with E-state index in [0.717, 1.165) is 35.5 Å². The Labute approximate surface area is 201 Å². The summed E-state index contributed by atoms with van der Waals surface area (Å²) in [5.41, 5.74) is 4.35. The molecule has 0 bridgehead atoms. The van der Waals surface area contributed by atoms with Gasteiger partial charge in [0.05, 0.1) is 38.0 Å². The van der Waals surface area contributed by atoms with Gasteiger partial charge in [0.1, 0.15) is 11.4 Å². The zero-order valence-corrected chi connectivity index (χ0v) is 20.4. The zero-order valence-electron chi connectivity index (χ0n) is 20.4. The molecule has 0 spiro atoms. The molecule has 0 aliphatic carbocycles. The van der Waals surface area contributed by atoms with Crippen LogP contribution in [-0.2, 0) is 11.3 Å². The summed E-state index contributed by atoms with van der Waals surface area (Å²) in [6.07, 6.45) is 0. The van der Waals surface area contributed by atoms with Crippen LogP contribution in [0.2, 0.25) is 0 Å². The van der Waals surface area contributed by atoms with Crippen LogP contribution in [0.3, 0.4) is 0 Å². The van der Waals surface area contributed by atoms with Crippen LogP contribution in [0.4, 0.5) is 5.88 Å². The first-order valence-electron chi connectivity index (χ1n) is 11.8. The van der Waals surface area contributed by atoms with Crippen LogP contribution in [0.5, 0.6) is 5.75 Å². The quantitative estimate of drug-likeness (QED) is 0.478. The minimum Gasteiger partial charge on any atom is -0.496 e. The first-order valence-corrected chi connectivity index (χ1v) is 11.8. The number of carbonyl (C=O) groups excluding carboxylic acids is 1. The van der Waals surface area contributed by atoms with Crippen LogP contribution in [0, 0.1) is 12.8 Å². The molecular weight excluding hydrogens is 430 g/mol. The third kappa shape index (κ3) is 5.25. The summed E-state index contributed by atoms with van der Waals surface area (Å²) < 4.78 is 16.9. The maximum absolute atomic E-state index is 13.7. The fourth-order valence-electron chi connectivity index (χ4n) is 4.32. The van der Waals surface area contributed by atoms with Gasteiger partial charge < -0.3 is 23.8 Å². The van der Waals surface area contributed by atoms with E-state index >= 15 is 0 Å². The summed E-state index contributed by atoms with van der Waals surface area (Å²) in [6, 6.07) is 15.6. The fourth-order valence-corrected chi connectivity index (χ4v) is 4.32. The Bertz CT molecular complexity index is 1120. The van der Waals surface area contributed by atoms with Gasteiger partial charge in [-0.2, -0.15) is 0 Å². The topological polar surface area (TPSA) is 68.0 Å². The third-order valence-corrected chi connectivity index (χ3v) is 5.92. The molecule has 4 rings (SSSR count). The van der Waals surface area contributed by atoms with Gasteiger partial charge in [-0.25, -0.2) is 0 Å². The number of aromatic nitrogens is 1. The van der Waals surface area contributed by atoms with Gasteiger partial charge in [-0.15, -0.1) is 0 Å². The number of amides is 1. The number of ether oxygens (including phenoxy) is 2. The molecule has 3 aromatic rings. The number of carbonyl (C=O) groups is 1. The van der Waals surface area contributed by atoms with Crippen molar-refractivity contribution in [2.24, 2.45) is 5.92 Å². The number of benzene rings is 2. The molecule has 1 aliphatic rings. The van der Waals surface area contributed by atoms with Crippen LogP contribution >= 0.6 is 0 Å². The van der Waals surface area contributed by atoms with Crippen molar-refractivity contribution in [1.82, 2.24) is 10.1 Å². The number of hydrogen-bond donors (Lipinski definition) is 0. The normalized spacial score (nSPS) is 13.9. The second kappa shape index (κ2) is 10.7. The van der Waals surface area contributed by atoms with E-state index in [1.165, 1.54) is 0 Å². The summed E-state index contributed by atoms with van der Waals surface area (Å²) in [5, 5.41) is 4.48. The molecule has 2 aromatic carbocycles. The van der Waals surface area contributed by atoms with Crippen LogP contribution < -0.4 is 9.64 Å². The molecule has 1 saturated heterocycles. The molecule has 0 radical (unpaired) electrons. The molecule has 34 heavy (non-hydrogen) atoms. The highest BCUT2D eigenvalue weighted by molar-refractivity contribution is 5.97. The van der Waals surface area contributed by atoms with Gasteiger partial charge in [-0.3, -0.25) is 4.79 Å². The molecule has 180 valence electrons. The maximum Gasteiger partial charge on any atom is 0.257 e. The highest BCUT2D eigenvalue weighted by Gasteiger charge is 2.28. The predicted octanol–water partition coefficient (Wildman–Crippen LogP) is 4.79. The third-order valence-electron chi connectivity index (χ3n) is 5.92. The van der Waals surface area contributed by atoms with Crippen molar-refractivity contribution in [1.29, 1.82) is 0 Å². The lowest BCUT2D eigenvalue weighted by atomic mass is 10.0. The predicted molar refractivity (Wildman–Crippen MR) is 132 cm³/mol. The van der Waals surface area contributed by atoms with E-state index in [4.69, 9.17) is 14.0 Å². The molecular formula is C27H33N3O4. The number of nitrogens with zero attached hydrogens (tertiary/aromatic N) is 3. The Kier molecular flexibility index (Phi) is 7.53. The number of morpholine rings is 1. The highest BCUT2D eigenvalue weighted by atomic mass is 16.5. The van der Waals surface area contributed by atoms with Crippen molar-refractivity contribution in [3.05, 3.63) is 65.2 Å². The van der Waals surface area contributed by atoms with E-state index in [9.17, 15) is 4.79 Å². The molecule has 1 fully saturated rings. The van der Waals surface area contributed by atoms with Crippen LogP contribution in [0.1, 0.15) is 35.3 Å². The molecule has 2 heterocycles. The Hall–Kier alpha value is -3.32. The van der Waals surface area contributed by atoms with Gasteiger partial charge in [-0.1, -0.05) is 54.9 Å². The number of methoxy groups -OCH3 is 1. The number of anilines is 1. The standard InChI is InChI=1S/C27H33N3O4/c1-19(2)17-30(26(31)22-10-5-6-11-24(22)32-4)18-23-25(21-9-7-8-20(3)16-21)28-34-27(23)29-12-14-33-15-13-29/h5-11,16,19H,12-15,17-18H2,1-4H3. The Morgan fingerprint density at radius 3 is 2.62 bits per heavy atom. The van der Waals surface area contributed by atoms with Crippen molar-refractivity contribution in [3.8, 4) is 17.0 Å². The van der Waals surface area contributed by atoms with Crippen molar-refractivity contribution >= 4 is 11.8 Å². The van der Waals surface area contributed by atoms with Gasteiger partial charge in [0.2, 0.25) is 5.88 Å². The van der Waals surface area contributed by atoms with Gasteiger partial charge in [0, 0.05) is 25.2 Å². The molecule has 7 nitrogen and oxygen atoms in total. The molecule has 0 unspecified atom stereocenters. The number of rotatable bonds is 8. The number of para-hydroxylation sites is 1. The summed E-state index contributed by atoms with van der Waals surface area (Å²) in [4.78, 5) is 17.8. The smallest absolute Gasteiger partial charge is 0.257 e. The number of aryl methyl sites for hydroxylation is 1. The van der Waals surface area contributed by atoms with Crippen LogP contribution in [0.15, 0.2) is 53.1 Å². The lowest BCUT2D eigenvalue weighted by Gasteiger charge is -2.29. The number of hydrogen-bond acceptors (Lipinski definition) is 6. The molecule has 7 heteroatoms. The summed E-state index contributed by atoms with van der Waals surface area (Å²) >= 11 is 0. The molecule has 0 atom stereocenters. The first-order chi connectivity index (χ1) is 16.5. The van der Waals surface area contributed by atoms with Crippen molar-refractivity contribution in [3.63, 3.8) is 0 Å². The average Bonchev–Trinajstić information content (AvgIpc) is 3.27. The van der Waals surface area contributed by atoms with Gasteiger partial charge >= 0.3 is 0 Å². The minimum atomic E-state index is -0.0736. The lowest BCUT2D eigenvalue weighted by Crippen LogP contribution is -2.38. The second-order valence-electron chi connectivity index (χ2n) is 9.06. The van der Waals surface area contributed by atoms with E-state index in [-0.39, 0.29) is 11.8 Å². The SMILES string of the molecule is COc1ccccc1C(=O)N(Cc1c(-c2cccc(C)c2)noc1N1CCOCC1)CC(C)C. The highest BCUT2D eigenvalue weighted by Crippen LogP contribution is 2.34. The van der Waals surface area contributed by atoms with Crippen molar-refractivity contribution in [2.75, 3.05) is 44.9 Å². The zero-order chi connectivity index (χ0) is 24.1. The van der Waals surface area contributed by atoms with Gasteiger partial charge in [0.15, 0.2) is 0 Å². The summed E-state index contributed by atoms with van der Waals surface area (Å²) in [6.45, 7) is 9.97. The Balaban J connectivity index is 1.76. The minimum absolute atomic E-state index is 0.0736. The molecule has 1 aromatic heterocycles. The van der Waals surface area contributed by atoms with E-state index in [1.54, 1.807) is 7.11 Å². The molecule has 0 saturated carbocycles. The van der Waals surface area contributed by atoms with E-state index in [0.29, 0.717) is 43.5 Å². The van der Waals surface area contributed by atoms with Gasteiger partial charge in [-0.05, 0) is 31.0 Å². The Morgan fingerprint density at radius 1 is 1.15 bits per heavy atom. The monoisotopic (exact) mass is 463 g/mol.